The first-order valence-electron chi connectivity index (χ1n) is 4.88. The van der Waals surface area contributed by atoms with Crippen molar-refractivity contribution in [3.8, 4) is 11.1 Å². The Kier molecular flexibility index (Phi) is 2.74. The van der Waals surface area contributed by atoms with Gasteiger partial charge in [0.15, 0.2) is 0 Å². The quantitative estimate of drug-likeness (QED) is 0.594. The normalized spacial score (nSPS) is 10.1. The highest BCUT2D eigenvalue weighted by Crippen LogP contribution is 2.24. The lowest BCUT2D eigenvalue weighted by Gasteiger charge is -2.01. The summed E-state index contributed by atoms with van der Waals surface area (Å²) in [5, 5.41) is 8.66. The molecule has 0 spiro atoms. The van der Waals surface area contributed by atoms with Crippen molar-refractivity contribution in [1.29, 1.82) is 0 Å². The van der Waals surface area contributed by atoms with E-state index in [1.165, 1.54) is 0 Å². The second-order valence-electron chi connectivity index (χ2n) is 3.56. The van der Waals surface area contributed by atoms with E-state index in [4.69, 9.17) is 5.21 Å². The summed E-state index contributed by atoms with van der Waals surface area (Å²) in [6.07, 6.45) is 3.52. The van der Waals surface area contributed by atoms with Crippen LogP contribution < -0.4 is 5.48 Å². The number of hydrogen-bond donors (Lipinski definition) is 2. The molecule has 0 saturated heterocycles. The number of carbonyl (C=O) groups excluding carboxylic acids is 1. The standard InChI is InChI=1S/C12H12N2O2/c1-14-7-10(9-5-3-2-4-6-9)11(8-14)12(15)13-16/h2-8,16H,1H3,(H,13,15). The third kappa shape index (κ3) is 1.83. The number of carbonyl (C=O) groups is 1. The number of amides is 1. The Morgan fingerprint density at radius 3 is 2.56 bits per heavy atom. The Balaban J connectivity index is 2.53. The fourth-order valence-electron chi connectivity index (χ4n) is 1.67. The van der Waals surface area contributed by atoms with Gasteiger partial charge in [-0.2, -0.15) is 0 Å². The first-order chi connectivity index (χ1) is 7.72. The molecule has 0 unspecified atom stereocenters. The van der Waals surface area contributed by atoms with E-state index < -0.39 is 5.91 Å². The van der Waals surface area contributed by atoms with Crippen molar-refractivity contribution in [2.75, 3.05) is 0 Å². The van der Waals surface area contributed by atoms with E-state index in [9.17, 15) is 4.79 Å². The first kappa shape index (κ1) is 10.4. The summed E-state index contributed by atoms with van der Waals surface area (Å²) in [4.78, 5) is 11.4. The minimum atomic E-state index is -0.501. The minimum absolute atomic E-state index is 0.455. The summed E-state index contributed by atoms with van der Waals surface area (Å²) in [5.41, 5.74) is 3.85. The smallest absolute Gasteiger partial charge is 0.276 e. The summed E-state index contributed by atoms with van der Waals surface area (Å²) < 4.78 is 1.78. The molecule has 1 amide bonds. The third-order valence-corrected chi connectivity index (χ3v) is 2.39. The number of benzene rings is 1. The Hall–Kier alpha value is -2.07. The van der Waals surface area contributed by atoms with Crippen molar-refractivity contribution in [2.45, 2.75) is 0 Å². The van der Waals surface area contributed by atoms with Crippen LogP contribution in [0.2, 0.25) is 0 Å². The molecule has 16 heavy (non-hydrogen) atoms. The number of aryl methyl sites for hydroxylation is 1. The van der Waals surface area contributed by atoms with Crippen LogP contribution in [0.25, 0.3) is 11.1 Å². The molecule has 0 saturated carbocycles. The van der Waals surface area contributed by atoms with E-state index in [0.29, 0.717) is 5.56 Å². The lowest BCUT2D eigenvalue weighted by atomic mass is 10.0. The van der Waals surface area contributed by atoms with Gasteiger partial charge in [0.25, 0.3) is 5.91 Å². The molecule has 82 valence electrons. The van der Waals surface area contributed by atoms with Crippen molar-refractivity contribution < 1.29 is 10.0 Å². The summed E-state index contributed by atoms with van der Waals surface area (Å²) >= 11 is 0. The van der Waals surface area contributed by atoms with Gasteiger partial charge >= 0.3 is 0 Å². The average molecular weight is 216 g/mol. The first-order valence-corrected chi connectivity index (χ1v) is 4.88. The third-order valence-electron chi connectivity index (χ3n) is 2.39. The number of hydrogen-bond acceptors (Lipinski definition) is 2. The zero-order valence-electron chi connectivity index (χ0n) is 8.84. The van der Waals surface area contributed by atoms with Gasteiger partial charge in [0.1, 0.15) is 0 Å². The summed E-state index contributed by atoms with van der Waals surface area (Å²) in [6, 6.07) is 9.57. The van der Waals surface area contributed by atoms with Gasteiger partial charge < -0.3 is 4.57 Å². The van der Waals surface area contributed by atoms with Crippen LogP contribution in [0.3, 0.4) is 0 Å². The van der Waals surface area contributed by atoms with E-state index >= 15 is 0 Å². The number of rotatable bonds is 2. The predicted molar refractivity (Wildman–Crippen MR) is 60.1 cm³/mol. The van der Waals surface area contributed by atoms with E-state index in [0.717, 1.165) is 11.1 Å². The van der Waals surface area contributed by atoms with Crippen molar-refractivity contribution in [2.24, 2.45) is 7.05 Å². The van der Waals surface area contributed by atoms with Gasteiger partial charge in [-0.3, -0.25) is 10.0 Å². The lowest BCUT2D eigenvalue weighted by molar-refractivity contribution is 0.0707. The molecule has 0 aliphatic rings. The number of nitrogens with zero attached hydrogens (tertiary/aromatic N) is 1. The topological polar surface area (TPSA) is 54.3 Å². The van der Waals surface area contributed by atoms with Crippen molar-refractivity contribution >= 4 is 5.91 Å². The Bertz CT molecular complexity index is 503. The van der Waals surface area contributed by atoms with E-state index in [-0.39, 0.29) is 0 Å². The van der Waals surface area contributed by atoms with E-state index in [1.807, 2.05) is 43.6 Å². The van der Waals surface area contributed by atoms with Crippen molar-refractivity contribution in [1.82, 2.24) is 10.0 Å². The largest absolute Gasteiger partial charge is 0.356 e. The fourth-order valence-corrected chi connectivity index (χ4v) is 1.67. The molecule has 0 radical (unpaired) electrons. The summed E-state index contributed by atoms with van der Waals surface area (Å²) in [6.45, 7) is 0. The van der Waals surface area contributed by atoms with Gasteiger partial charge in [0.2, 0.25) is 0 Å². The molecular weight excluding hydrogens is 204 g/mol. The van der Waals surface area contributed by atoms with Crippen LogP contribution in [0.15, 0.2) is 42.7 Å². The number of aromatic nitrogens is 1. The molecule has 2 rings (SSSR count). The highest BCUT2D eigenvalue weighted by molar-refractivity contribution is 6.00. The highest BCUT2D eigenvalue weighted by atomic mass is 16.5. The van der Waals surface area contributed by atoms with Crippen molar-refractivity contribution in [3.63, 3.8) is 0 Å². The molecule has 0 fully saturated rings. The molecule has 1 heterocycles. The number of hydroxylamine groups is 1. The summed E-state index contributed by atoms with van der Waals surface area (Å²) in [7, 11) is 1.83. The second kappa shape index (κ2) is 4.20. The molecular formula is C12H12N2O2. The fraction of sp³-hybridized carbons (Fsp3) is 0.0833. The van der Waals surface area contributed by atoms with Gasteiger partial charge in [-0.1, -0.05) is 30.3 Å². The maximum atomic E-state index is 11.4. The molecule has 0 bridgehead atoms. The van der Waals surface area contributed by atoms with Crippen LogP contribution in [-0.4, -0.2) is 15.7 Å². The maximum absolute atomic E-state index is 11.4. The van der Waals surface area contributed by atoms with Gasteiger partial charge in [-0.25, -0.2) is 5.48 Å². The molecule has 4 nitrogen and oxygen atoms in total. The Morgan fingerprint density at radius 1 is 1.25 bits per heavy atom. The molecule has 0 aliphatic heterocycles. The number of nitrogens with one attached hydrogen (secondary N) is 1. The monoisotopic (exact) mass is 216 g/mol. The van der Waals surface area contributed by atoms with Gasteiger partial charge in [-0.15, -0.1) is 0 Å². The molecule has 0 aliphatic carbocycles. The zero-order chi connectivity index (χ0) is 11.5. The average Bonchev–Trinajstić information content (AvgIpc) is 2.71. The van der Waals surface area contributed by atoms with Crippen molar-refractivity contribution in [3.05, 3.63) is 48.3 Å². The van der Waals surface area contributed by atoms with Crippen LogP contribution in [0.4, 0.5) is 0 Å². The van der Waals surface area contributed by atoms with E-state index in [1.54, 1.807) is 16.2 Å². The van der Waals surface area contributed by atoms with E-state index in [2.05, 4.69) is 0 Å². The predicted octanol–water partition coefficient (Wildman–Crippen LogP) is 1.81. The van der Waals surface area contributed by atoms with Crippen LogP contribution >= 0.6 is 0 Å². The van der Waals surface area contributed by atoms with Gasteiger partial charge in [0.05, 0.1) is 5.56 Å². The van der Waals surface area contributed by atoms with Crippen LogP contribution in [0.5, 0.6) is 0 Å². The Labute approximate surface area is 93.1 Å². The second-order valence-corrected chi connectivity index (χ2v) is 3.56. The summed E-state index contributed by atoms with van der Waals surface area (Å²) in [5.74, 6) is -0.501. The lowest BCUT2D eigenvalue weighted by Crippen LogP contribution is -2.18. The van der Waals surface area contributed by atoms with Gasteiger partial charge in [-0.05, 0) is 5.56 Å². The Morgan fingerprint density at radius 2 is 1.94 bits per heavy atom. The maximum Gasteiger partial charge on any atom is 0.276 e. The molecule has 0 atom stereocenters. The van der Waals surface area contributed by atoms with Gasteiger partial charge in [0, 0.05) is 25.0 Å². The molecule has 4 heteroatoms. The molecule has 1 aromatic heterocycles. The highest BCUT2D eigenvalue weighted by Gasteiger charge is 2.14. The molecule has 2 aromatic rings. The van der Waals surface area contributed by atoms with Crippen LogP contribution in [0.1, 0.15) is 10.4 Å². The SMILES string of the molecule is Cn1cc(C(=O)NO)c(-c2ccccc2)c1. The van der Waals surface area contributed by atoms with Crippen LogP contribution in [0, 0.1) is 0 Å². The zero-order valence-corrected chi connectivity index (χ0v) is 8.84. The van der Waals surface area contributed by atoms with Crippen LogP contribution in [-0.2, 0) is 7.05 Å². The minimum Gasteiger partial charge on any atom is -0.356 e. The molecule has 1 aromatic carbocycles. The molecule has 2 N–H and O–H groups in total.